The summed E-state index contributed by atoms with van der Waals surface area (Å²) in [6.45, 7) is -0.529. The normalized spacial score (nSPS) is 11.0. The summed E-state index contributed by atoms with van der Waals surface area (Å²) < 4.78 is 41.5. The van der Waals surface area contributed by atoms with Gasteiger partial charge in [-0.2, -0.15) is 13.2 Å². The van der Waals surface area contributed by atoms with Gasteiger partial charge in [-0.3, -0.25) is 4.79 Å². The summed E-state index contributed by atoms with van der Waals surface area (Å²) in [5.41, 5.74) is 0.783. The first-order chi connectivity index (χ1) is 10.5. The standard InChI is InChI=1S/C16H14F3NO2/c17-16(18,19)10-11-22-14-9-5-4-8-13(14)15(21)20-12-6-2-1-3-7-12/h1-9H,10-11H2,(H,20,21). The number of anilines is 1. The Labute approximate surface area is 125 Å². The maximum atomic E-state index is 12.2. The molecular weight excluding hydrogens is 295 g/mol. The van der Waals surface area contributed by atoms with Gasteiger partial charge in [-0.05, 0) is 24.3 Å². The van der Waals surface area contributed by atoms with E-state index in [-0.39, 0.29) is 11.3 Å². The quantitative estimate of drug-likeness (QED) is 0.895. The smallest absolute Gasteiger partial charge is 0.392 e. The number of amides is 1. The molecule has 1 amide bonds. The van der Waals surface area contributed by atoms with Crippen molar-refractivity contribution in [1.29, 1.82) is 0 Å². The highest BCUT2D eigenvalue weighted by atomic mass is 19.4. The predicted molar refractivity (Wildman–Crippen MR) is 77.0 cm³/mol. The summed E-state index contributed by atoms with van der Waals surface area (Å²) in [6, 6.07) is 15.0. The third kappa shape index (κ3) is 4.80. The van der Waals surface area contributed by atoms with Crippen LogP contribution in [0.5, 0.6) is 5.75 Å². The summed E-state index contributed by atoms with van der Waals surface area (Å²) in [4.78, 5) is 12.2. The van der Waals surface area contributed by atoms with Gasteiger partial charge < -0.3 is 10.1 Å². The molecule has 1 N–H and O–H groups in total. The Balaban J connectivity index is 2.06. The van der Waals surface area contributed by atoms with Gasteiger partial charge in [0.1, 0.15) is 5.75 Å². The molecule has 116 valence electrons. The van der Waals surface area contributed by atoms with Gasteiger partial charge in [-0.1, -0.05) is 30.3 Å². The second kappa shape index (κ2) is 6.98. The van der Waals surface area contributed by atoms with Crippen molar-refractivity contribution in [2.24, 2.45) is 0 Å². The average Bonchev–Trinajstić information content (AvgIpc) is 2.47. The van der Waals surface area contributed by atoms with Crippen LogP contribution in [-0.4, -0.2) is 18.7 Å². The number of hydrogen-bond acceptors (Lipinski definition) is 2. The lowest BCUT2D eigenvalue weighted by atomic mass is 10.2. The molecule has 22 heavy (non-hydrogen) atoms. The molecule has 0 aliphatic heterocycles. The van der Waals surface area contributed by atoms with Crippen LogP contribution in [-0.2, 0) is 0 Å². The number of ether oxygens (including phenoxy) is 1. The van der Waals surface area contributed by atoms with E-state index in [0.717, 1.165) is 0 Å². The molecule has 0 atom stereocenters. The highest BCUT2D eigenvalue weighted by Gasteiger charge is 2.27. The average molecular weight is 309 g/mol. The number of alkyl halides is 3. The first-order valence-electron chi connectivity index (χ1n) is 6.61. The van der Waals surface area contributed by atoms with Gasteiger partial charge >= 0.3 is 6.18 Å². The minimum Gasteiger partial charge on any atom is -0.492 e. The number of carbonyl (C=O) groups is 1. The maximum absolute atomic E-state index is 12.2. The SMILES string of the molecule is O=C(Nc1ccccc1)c1ccccc1OCCC(F)(F)F. The third-order valence-corrected chi connectivity index (χ3v) is 2.81. The molecule has 0 fully saturated rings. The molecule has 2 rings (SSSR count). The Hall–Kier alpha value is -2.50. The van der Waals surface area contributed by atoms with Crippen molar-refractivity contribution in [3.8, 4) is 5.75 Å². The zero-order valence-electron chi connectivity index (χ0n) is 11.6. The van der Waals surface area contributed by atoms with Crippen LogP contribution >= 0.6 is 0 Å². The van der Waals surface area contributed by atoms with Crippen molar-refractivity contribution in [3.63, 3.8) is 0 Å². The molecule has 0 unspecified atom stereocenters. The number of benzene rings is 2. The van der Waals surface area contributed by atoms with Gasteiger partial charge in [0.15, 0.2) is 0 Å². The van der Waals surface area contributed by atoms with Crippen molar-refractivity contribution in [1.82, 2.24) is 0 Å². The second-order valence-corrected chi connectivity index (χ2v) is 4.53. The largest absolute Gasteiger partial charge is 0.492 e. The van der Waals surface area contributed by atoms with Crippen LogP contribution in [0.3, 0.4) is 0 Å². The lowest BCUT2D eigenvalue weighted by Crippen LogP contribution is -2.16. The van der Waals surface area contributed by atoms with Crippen LogP contribution in [0.1, 0.15) is 16.8 Å². The summed E-state index contributed by atoms with van der Waals surface area (Å²) >= 11 is 0. The molecular formula is C16H14F3NO2. The first kappa shape index (κ1) is 15.9. The van der Waals surface area contributed by atoms with E-state index in [0.29, 0.717) is 5.69 Å². The van der Waals surface area contributed by atoms with Crippen molar-refractivity contribution in [2.45, 2.75) is 12.6 Å². The molecule has 0 aromatic heterocycles. The van der Waals surface area contributed by atoms with Crippen LogP contribution in [0.25, 0.3) is 0 Å². The van der Waals surface area contributed by atoms with E-state index in [1.54, 1.807) is 36.4 Å². The Morgan fingerprint density at radius 1 is 1.00 bits per heavy atom. The molecule has 2 aromatic rings. The molecule has 0 heterocycles. The van der Waals surface area contributed by atoms with Gasteiger partial charge in [0, 0.05) is 5.69 Å². The highest BCUT2D eigenvalue weighted by molar-refractivity contribution is 6.06. The Bertz CT molecular complexity index is 627. The fourth-order valence-electron chi connectivity index (χ4n) is 1.78. The Kier molecular flexibility index (Phi) is 5.04. The molecule has 0 spiro atoms. The number of hydrogen-bond donors (Lipinski definition) is 1. The van der Waals surface area contributed by atoms with E-state index in [2.05, 4.69) is 5.32 Å². The van der Waals surface area contributed by atoms with Crippen LogP contribution < -0.4 is 10.1 Å². The van der Waals surface area contributed by atoms with Crippen molar-refractivity contribution < 1.29 is 22.7 Å². The Morgan fingerprint density at radius 3 is 2.32 bits per heavy atom. The molecule has 0 saturated carbocycles. The minimum atomic E-state index is -4.29. The number of para-hydroxylation sites is 2. The highest BCUT2D eigenvalue weighted by Crippen LogP contribution is 2.23. The van der Waals surface area contributed by atoms with Gasteiger partial charge in [-0.25, -0.2) is 0 Å². The number of nitrogens with one attached hydrogen (secondary N) is 1. The zero-order valence-corrected chi connectivity index (χ0v) is 11.6. The number of halogens is 3. The van der Waals surface area contributed by atoms with Crippen molar-refractivity contribution in [3.05, 3.63) is 60.2 Å². The summed E-state index contributed by atoms with van der Waals surface area (Å²) in [5.74, 6) is -0.311. The van der Waals surface area contributed by atoms with Crippen molar-refractivity contribution >= 4 is 11.6 Å². The van der Waals surface area contributed by atoms with Gasteiger partial charge in [-0.15, -0.1) is 0 Å². The monoisotopic (exact) mass is 309 g/mol. The Morgan fingerprint density at radius 2 is 1.64 bits per heavy atom. The second-order valence-electron chi connectivity index (χ2n) is 4.53. The topological polar surface area (TPSA) is 38.3 Å². The van der Waals surface area contributed by atoms with Crippen LogP contribution in [0.2, 0.25) is 0 Å². The van der Waals surface area contributed by atoms with E-state index in [4.69, 9.17) is 4.74 Å². The van der Waals surface area contributed by atoms with Crippen LogP contribution in [0.4, 0.5) is 18.9 Å². The van der Waals surface area contributed by atoms with Crippen LogP contribution in [0.15, 0.2) is 54.6 Å². The van der Waals surface area contributed by atoms with Crippen molar-refractivity contribution in [2.75, 3.05) is 11.9 Å². The molecule has 2 aromatic carbocycles. The van der Waals surface area contributed by atoms with Crippen LogP contribution in [0, 0.1) is 0 Å². The van der Waals surface area contributed by atoms with Gasteiger partial charge in [0.2, 0.25) is 0 Å². The summed E-state index contributed by atoms with van der Waals surface area (Å²) in [6.07, 6.45) is -5.36. The molecule has 0 bridgehead atoms. The van der Waals surface area contributed by atoms with E-state index in [1.807, 2.05) is 6.07 Å². The predicted octanol–water partition coefficient (Wildman–Crippen LogP) is 4.27. The number of rotatable bonds is 5. The fourth-order valence-corrected chi connectivity index (χ4v) is 1.78. The van der Waals surface area contributed by atoms with E-state index < -0.39 is 25.1 Å². The fraction of sp³-hybridized carbons (Fsp3) is 0.188. The van der Waals surface area contributed by atoms with Gasteiger partial charge in [0.25, 0.3) is 5.91 Å². The van der Waals surface area contributed by atoms with Gasteiger partial charge in [0.05, 0.1) is 18.6 Å². The van der Waals surface area contributed by atoms with E-state index >= 15 is 0 Å². The zero-order chi connectivity index (χ0) is 16.0. The first-order valence-corrected chi connectivity index (χ1v) is 6.61. The molecule has 0 aliphatic carbocycles. The van der Waals surface area contributed by atoms with E-state index in [9.17, 15) is 18.0 Å². The van der Waals surface area contributed by atoms with E-state index in [1.165, 1.54) is 12.1 Å². The molecule has 6 heteroatoms. The minimum absolute atomic E-state index is 0.125. The third-order valence-electron chi connectivity index (χ3n) is 2.81. The number of carbonyl (C=O) groups excluding carboxylic acids is 1. The lowest BCUT2D eigenvalue weighted by Gasteiger charge is -2.12. The summed E-state index contributed by atoms with van der Waals surface area (Å²) in [7, 11) is 0. The molecule has 0 radical (unpaired) electrons. The summed E-state index contributed by atoms with van der Waals surface area (Å²) in [5, 5.41) is 2.66. The molecule has 0 aliphatic rings. The molecule has 3 nitrogen and oxygen atoms in total. The lowest BCUT2D eigenvalue weighted by molar-refractivity contribution is -0.139. The molecule has 0 saturated heterocycles. The maximum Gasteiger partial charge on any atom is 0.392 e.